The van der Waals surface area contributed by atoms with Crippen LogP contribution >= 0.6 is 15.9 Å². The summed E-state index contributed by atoms with van der Waals surface area (Å²) < 4.78 is 17.4. The molecule has 2 N–H and O–H groups in total. The molecule has 0 aliphatic heterocycles. The van der Waals surface area contributed by atoms with Crippen LogP contribution in [0.1, 0.15) is 5.56 Å². The Labute approximate surface area is 184 Å². The van der Waals surface area contributed by atoms with E-state index in [1.807, 2.05) is 48.5 Å². The fourth-order valence-electron chi connectivity index (χ4n) is 2.79. The summed E-state index contributed by atoms with van der Waals surface area (Å²) >= 11 is 3.43. The van der Waals surface area contributed by atoms with Gasteiger partial charge in [0.05, 0.1) is 19.9 Å². The van der Waals surface area contributed by atoms with E-state index in [4.69, 9.17) is 14.2 Å². The standard InChI is InChI=1S/C23H23BrN2O4/c1-28-20-6-4-3-5-19(20)26-23(27)15-30-21-12-7-16(13-22(21)29-2)14-25-18-10-8-17(24)9-11-18/h3-13,25H,14-15H2,1-2H3,(H,26,27). The highest BCUT2D eigenvalue weighted by atomic mass is 79.9. The number of hydrogen-bond acceptors (Lipinski definition) is 5. The zero-order valence-electron chi connectivity index (χ0n) is 16.8. The number of para-hydroxylation sites is 2. The Hall–Kier alpha value is -3.19. The van der Waals surface area contributed by atoms with E-state index >= 15 is 0 Å². The molecule has 156 valence electrons. The van der Waals surface area contributed by atoms with Crippen LogP contribution in [0.15, 0.2) is 71.2 Å². The predicted octanol–water partition coefficient (Wildman–Crippen LogP) is 5.10. The van der Waals surface area contributed by atoms with Gasteiger partial charge in [0.25, 0.3) is 5.91 Å². The molecule has 3 aromatic carbocycles. The Balaban J connectivity index is 1.58. The molecule has 0 saturated carbocycles. The molecule has 6 nitrogen and oxygen atoms in total. The average Bonchev–Trinajstić information content (AvgIpc) is 2.78. The minimum atomic E-state index is -0.289. The van der Waals surface area contributed by atoms with E-state index in [0.29, 0.717) is 29.5 Å². The van der Waals surface area contributed by atoms with Crippen LogP contribution in [-0.4, -0.2) is 26.7 Å². The molecule has 1 amide bonds. The van der Waals surface area contributed by atoms with E-state index in [-0.39, 0.29) is 12.5 Å². The molecule has 0 fully saturated rings. The largest absolute Gasteiger partial charge is 0.495 e. The summed E-state index contributed by atoms with van der Waals surface area (Å²) in [5.74, 6) is 1.36. The van der Waals surface area contributed by atoms with Gasteiger partial charge in [-0.2, -0.15) is 0 Å². The highest BCUT2D eigenvalue weighted by molar-refractivity contribution is 9.10. The second kappa shape index (κ2) is 10.5. The summed E-state index contributed by atoms with van der Waals surface area (Å²) in [4.78, 5) is 12.3. The molecule has 3 aromatic rings. The normalized spacial score (nSPS) is 10.2. The Morgan fingerprint density at radius 2 is 1.63 bits per heavy atom. The monoisotopic (exact) mass is 470 g/mol. The Morgan fingerprint density at radius 3 is 2.37 bits per heavy atom. The lowest BCUT2D eigenvalue weighted by molar-refractivity contribution is -0.118. The van der Waals surface area contributed by atoms with Gasteiger partial charge in [0, 0.05) is 16.7 Å². The minimum absolute atomic E-state index is 0.148. The third-order valence-electron chi connectivity index (χ3n) is 4.31. The number of carbonyl (C=O) groups excluding carboxylic acids is 1. The Morgan fingerprint density at radius 1 is 0.900 bits per heavy atom. The molecular weight excluding hydrogens is 448 g/mol. The van der Waals surface area contributed by atoms with Crippen molar-refractivity contribution < 1.29 is 19.0 Å². The molecule has 0 aliphatic rings. The van der Waals surface area contributed by atoms with Gasteiger partial charge in [-0.1, -0.05) is 34.1 Å². The topological polar surface area (TPSA) is 68.8 Å². The number of carbonyl (C=O) groups is 1. The summed E-state index contributed by atoms with van der Waals surface area (Å²) in [6, 6.07) is 20.8. The van der Waals surface area contributed by atoms with Crippen molar-refractivity contribution in [3.63, 3.8) is 0 Å². The molecule has 7 heteroatoms. The van der Waals surface area contributed by atoms with Crippen molar-refractivity contribution in [1.82, 2.24) is 0 Å². The molecular formula is C23H23BrN2O4. The van der Waals surface area contributed by atoms with Gasteiger partial charge in [-0.25, -0.2) is 0 Å². The highest BCUT2D eigenvalue weighted by Crippen LogP contribution is 2.29. The van der Waals surface area contributed by atoms with Gasteiger partial charge in [-0.15, -0.1) is 0 Å². The van der Waals surface area contributed by atoms with Crippen LogP contribution in [0, 0.1) is 0 Å². The minimum Gasteiger partial charge on any atom is -0.495 e. The van der Waals surface area contributed by atoms with Crippen LogP contribution in [0.25, 0.3) is 0 Å². The van der Waals surface area contributed by atoms with Crippen molar-refractivity contribution in [2.75, 3.05) is 31.5 Å². The number of benzene rings is 3. The second-order valence-electron chi connectivity index (χ2n) is 6.38. The highest BCUT2D eigenvalue weighted by Gasteiger charge is 2.11. The number of amides is 1. The lowest BCUT2D eigenvalue weighted by Gasteiger charge is -2.14. The summed E-state index contributed by atoms with van der Waals surface area (Å²) in [6.07, 6.45) is 0. The number of methoxy groups -OCH3 is 2. The van der Waals surface area contributed by atoms with E-state index in [2.05, 4.69) is 26.6 Å². The van der Waals surface area contributed by atoms with Gasteiger partial charge >= 0.3 is 0 Å². The molecule has 0 aliphatic carbocycles. The van der Waals surface area contributed by atoms with E-state index in [1.165, 1.54) is 0 Å². The molecule has 3 rings (SSSR count). The summed E-state index contributed by atoms with van der Waals surface area (Å²) in [7, 11) is 3.13. The first-order valence-electron chi connectivity index (χ1n) is 9.31. The summed E-state index contributed by atoms with van der Waals surface area (Å²) in [6.45, 7) is 0.484. The average molecular weight is 471 g/mol. The quantitative estimate of drug-likeness (QED) is 0.455. The van der Waals surface area contributed by atoms with Crippen molar-refractivity contribution in [2.24, 2.45) is 0 Å². The van der Waals surface area contributed by atoms with E-state index in [9.17, 15) is 4.79 Å². The Kier molecular flexibility index (Phi) is 7.57. The molecule has 0 bridgehead atoms. The molecule has 0 spiro atoms. The van der Waals surface area contributed by atoms with E-state index in [1.54, 1.807) is 32.4 Å². The number of ether oxygens (including phenoxy) is 3. The van der Waals surface area contributed by atoms with Crippen LogP contribution in [-0.2, 0) is 11.3 Å². The zero-order valence-corrected chi connectivity index (χ0v) is 18.4. The van der Waals surface area contributed by atoms with Gasteiger partial charge in [0.1, 0.15) is 5.75 Å². The van der Waals surface area contributed by atoms with Crippen molar-refractivity contribution in [1.29, 1.82) is 0 Å². The van der Waals surface area contributed by atoms with Crippen molar-refractivity contribution >= 4 is 33.2 Å². The van der Waals surface area contributed by atoms with Gasteiger partial charge in [0.2, 0.25) is 0 Å². The summed E-state index contributed by atoms with van der Waals surface area (Å²) in [5, 5.41) is 6.13. The van der Waals surface area contributed by atoms with Gasteiger partial charge in [0.15, 0.2) is 18.1 Å². The molecule has 0 radical (unpaired) electrons. The first-order valence-corrected chi connectivity index (χ1v) is 10.1. The van der Waals surface area contributed by atoms with E-state index < -0.39 is 0 Å². The van der Waals surface area contributed by atoms with Crippen molar-refractivity contribution in [3.05, 3.63) is 76.8 Å². The second-order valence-corrected chi connectivity index (χ2v) is 7.30. The van der Waals surface area contributed by atoms with Crippen molar-refractivity contribution in [3.8, 4) is 17.2 Å². The summed E-state index contributed by atoms with van der Waals surface area (Å²) in [5.41, 5.74) is 2.64. The first kappa shape index (κ1) is 21.5. The SMILES string of the molecule is COc1ccccc1NC(=O)COc1ccc(CNc2ccc(Br)cc2)cc1OC. The van der Waals surface area contributed by atoms with Crippen LogP contribution in [0.2, 0.25) is 0 Å². The van der Waals surface area contributed by atoms with Crippen LogP contribution in [0.3, 0.4) is 0 Å². The first-order chi connectivity index (χ1) is 14.6. The maximum absolute atomic E-state index is 12.3. The fraction of sp³-hybridized carbons (Fsp3) is 0.174. The van der Waals surface area contributed by atoms with Crippen molar-refractivity contribution in [2.45, 2.75) is 6.54 Å². The lowest BCUT2D eigenvalue weighted by atomic mass is 10.2. The fourth-order valence-corrected chi connectivity index (χ4v) is 3.05. The molecule has 0 unspecified atom stereocenters. The van der Waals surface area contributed by atoms with E-state index in [0.717, 1.165) is 15.7 Å². The number of nitrogens with one attached hydrogen (secondary N) is 2. The molecule has 0 saturated heterocycles. The third kappa shape index (κ3) is 5.90. The van der Waals surface area contributed by atoms with Gasteiger partial charge in [-0.05, 0) is 54.1 Å². The Bertz CT molecular complexity index is 993. The van der Waals surface area contributed by atoms with Crippen LogP contribution < -0.4 is 24.8 Å². The lowest BCUT2D eigenvalue weighted by Crippen LogP contribution is -2.20. The smallest absolute Gasteiger partial charge is 0.262 e. The number of anilines is 2. The number of halogens is 1. The number of rotatable bonds is 9. The van der Waals surface area contributed by atoms with Gasteiger partial charge < -0.3 is 24.8 Å². The van der Waals surface area contributed by atoms with Gasteiger partial charge in [-0.3, -0.25) is 4.79 Å². The molecule has 0 aromatic heterocycles. The molecule has 0 heterocycles. The maximum Gasteiger partial charge on any atom is 0.262 e. The van der Waals surface area contributed by atoms with Crippen LogP contribution in [0.4, 0.5) is 11.4 Å². The maximum atomic E-state index is 12.3. The van der Waals surface area contributed by atoms with Crippen LogP contribution in [0.5, 0.6) is 17.2 Å². The molecule has 0 atom stereocenters. The molecule has 30 heavy (non-hydrogen) atoms. The third-order valence-corrected chi connectivity index (χ3v) is 4.84. The number of hydrogen-bond donors (Lipinski definition) is 2. The predicted molar refractivity (Wildman–Crippen MR) is 122 cm³/mol. The zero-order chi connectivity index (χ0) is 21.3.